The van der Waals surface area contributed by atoms with E-state index in [4.69, 9.17) is 0 Å². The smallest absolute Gasteiger partial charge is 0.243 e. The van der Waals surface area contributed by atoms with Crippen LogP contribution in [0.1, 0.15) is 35.7 Å². The lowest BCUT2D eigenvalue weighted by atomic mass is 9.96. The molecule has 0 bridgehead atoms. The summed E-state index contributed by atoms with van der Waals surface area (Å²) in [5.74, 6) is -0.251. The van der Waals surface area contributed by atoms with E-state index in [2.05, 4.69) is 24.3 Å². The predicted molar refractivity (Wildman–Crippen MR) is 128 cm³/mol. The first-order valence-electron chi connectivity index (χ1n) is 11.1. The van der Waals surface area contributed by atoms with Crippen LogP contribution in [0.4, 0.5) is 0 Å². The van der Waals surface area contributed by atoms with Gasteiger partial charge < -0.3 is 4.90 Å². The van der Waals surface area contributed by atoms with Crippen LogP contribution in [-0.4, -0.2) is 49.5 Å². The van der Waals surface area contributed by atoms with Crippen molar-refractivity contribution in [3.63, 3.8) is 0 Å². The molecule has 1 aliphatic rings. The molecule has 4 rings (SSSR count). The van der Waals surface area contributed by atoms with E-state index in [1.807, 2.05) is 18.2 Å². The molecule has 1 fully saturated rings. The van der Waals surface area contributed by atoms with Crippen molar-refractivity contribution in [3.05, 3.63) is 77.9 Å². The average Bonchev–Trinajstić information content (AvgIpc) is 2.83. The highest BCUT2D eigenvalue weighted by atomic mass is 32.2. The van der Waals surface area contributed by atoms with Gasteiger partial charge in [-0.15, -0.1) is 0 Å². The molecule has 1 aliphatic heterocycles. The Morgan fingerprint density at radius 1 is 0.939 bits per heavy atom. The van der Waals surface area contributed by atoms with Crippen LogP contribution >= 0.6 is 0 Å². The lowest BCUT2D eigenvalue weighted by Crippen LogP contribution is -2.43. The van der Waals surface area contributed by atoms with Crippen LogP contribution in [0.25, 0.3) is 10.8 Å². The van der Waals surface area contributed by atoms with Gasteiger partial charge in [-0.25, -0.2) is 8.42 Å². The summed E-state index contributed by atoms with van der Waals surface area (Å²) in [4.78, 5) is 26.4. The molecule has 0 radical (unpaired) electrons. The molecule has 0 aliphatic carbocycles. The zero-order chi connectivity index (χ0) is 23.6. The van der Waals surface area contributed by atoms with Crippen molar-refractivity contribution in [1.82, 2.24) is 9.21 Å². The molecule has 0 unspecified atom stereocenters. The van der Waals surface area contributed by atoms with Crippen LogP contribution in [-0.2, 0) is 21.4 Å². The van der Waals surface area contributed by atoms with Crippen molar-refractivity contribution in [2.75, 3.05) is 20.1 Å². The van der Waals surface area contributed by atoms with E-state index >= 15 is 0 Å². The fourth-order valence-electron chi connectivity index (χ4n) is 4.35. The van der Waals surface area contributed by atoms with E-state index in [1.165, 1.54) is 40.9 Å². The maximum absolute atomic E-state index is 13.0. The molecule has 0 spiro atoms. The summed E-state index contributed by atoms with van der Waals surface area (Å²) >= 11 is 0. The number of carbonyl (C=O) groups is 2. The van der Waals surface area contributed by atoms with Gasteiger partial charge in [0.05, 0.1) is 4.90 Å². The second-order valence-corrected chi connectivity index (χ2v) is 10.6. The third kappa shape index (κ3) is 4.99. The van der Waals surface area contributed by atoms with Crippen molar-refractivity contribution in [2.45, 2.75) is 31.2 Å². The number of carbonyl (C=O) groups excluding carboxylic acids is 2. The van der Waals surface area contributed by atoms with Gasteiger partial charge >= 0.3 is 0 Å². The lowest BCUT2D eigenvalue weighted by molar-refractivity contribution is -0.135. The Balaban J connectivity index is 1.37. The fourth-order valence-corrected chi connectivity index (χ4v) is 5.82. The number of nitrogens with zero attached hydrogens (tertiary/aromatic N) is 2. The summed E-state index contributed by atoms with van der Waals surface area (Å²) in [6.07, 6.45) is 0.983. The zero-order valence-electron chi connectivity index (χ0n) is 18.9. The Labute approximate surface area is 194 Å². The van der Waals surface area contributed by atoms with Crippen molar-refractivity contribution in [3.8, 4) is 0 Å². The molecule has 7 heteroatoms. The van der Waals surface area contributed by atoms with Gasteiger partial charge in [0.25, 0.3) is 0 Å². The molecule has 0 N–H and O–H groups in total. The first kappa shape index (κ1) is 23.1. The van der Waals surface area contributed by atoms with E-state index in [0.29, 0.717) is 38.0 Å². The predicted octanol–water partition coefficient (Wildman–Crippen LogP) is 4.10. The fraction of sp³-hybridized carbons (Fsp3) is 0.308. The van der Waals surface area contributed by atoms with Crippen molar-refractivity contribution in [1.29, 1.82) is 0 Å². The van der Waals surface area contributed by atoms with Gasteiger partial charge in [-0.05, 0) is 54.3 Å². The molecule has 3 aromatic carbocycles. The van der Waals surface area contributed by atoms with Crippen LogP contribution in [0.5, 0.6) is 0 Å². The summed E-state index contributed by atoms with van der Waals surface area (Å²) in [5.41, 5.74) is 1.55. The summed E-state index contributed by atoms with van der Waals surface area (Å²) in [5, 5.41) is 2.31. The second kappa shape index (κ2) is 9.45. The maximum atomic E-state index is 13.0. The van der Waals surface area contributed by atoms with Gasteiger partial charge in [0.1, 0.15) is 0 Å². The van der Waals surface area contributed by atoms with Gasteiger partial charge in [0.15, 0.2) is 5.78 Å². The number of sulfonamides is 1. The molecular weight excluding hydrogens is 436 g/mol. The summed E-state index contributed by atoms with van der Waals surface area (Å²) in [6.45, 7) is 2.57. The Hall–Kier alpha value is -3.03. The van der Waals surface area contributed by atoms with Gasteiger partial charge in [-0.3, -0.25) is 9.59 Å². The highest BCUT2D eigenvalue weighted by molar-refractivity contribution is 7.89. The molecule has 6 nitrogen and oxygen atoms in total. The molecular formula is C26H28N2O4S. The SMILES string of the molecule is CC(=O)c1ccc(S(=O)(=O)N2CCC(C(=O)N(C)Cc3ccc4ccccc4c3)CC2)cc1. The Bertz CT molecular complexity index is 1280. The van der Waals surface area contributed by atoms with Gasteiger partial charge in [-0.1, -0.05) is 48.5 Å². The van der Waals surface area contributed by atoms with Crippen molar-refractivity contribution < 1.29 is 18.0 Å². The number of Topliss-reactive ketones (excluding diaryl/α,β-unsaturated/α-hetero) is 1. The number of rotatable bonds is 6. The second-order valence-electron chi connectivity index (χ2n) is 8.63. The molecule has 172 valence electrons. The third-order valence-corrected chi connectivity index (χ3v) is 8.22. The Morgan fingerprint density at radius 3 is 2.21 bits per heavy atom. The lowest BCUT2D eigenvalue weighted by Gasteiger charge is -2.32. The molecule has 1 saturated heterocycles. The van der Waals surface area contributed by atoms with E-state index in [9.17, 15) is 18.0 Å². The number of fused-ring (bicyclic) bond motifs is 1. The minimum atomic E-state index is -3.65. The van der Waals surface area contributed by atoms with Crippen molar-refractivity contribution in [2.24, 2.45) is 5.92 Å². The first-order valence-corrected chi connectivity index (χ1v) is 12.5. The standard InChI is InChI=1S/C26H28N2O4S/c1-19(29)21-9-11-25(12-10-21)33(31,32)28-15-13-23(14-16-28)26(30)27(2)18-20-7-8-22-5-3-4-6-24(22)17-20/h3-12,17,23H,13-16,18H2,1-2H3. The molecule has 0 saturated carbocycles. The maximum Gasteiger partial charge on any atom is 0.243 e. The summed E-state index contributed by atoms with van der Waals surface area (Å²) in [6, 6.07) is 20.4. The molecule has 0 atom stereocenters. The molecule has 33 heavy (non-hydrogen) atoms. The van der Waals surface area contributed by atoms with Crippen LogP contribution in [0.3, 0.4) is 0 Å². The number of ketones is 1. The van der Waals surface area contributed by atoms with E-state index in [0.717, 1.165) is 10.9 Å². The topological polar surface area (TPSA) is 74.8 Å². The minimum Gasteiger partial charge on any atom is -0.341 e. The third-order valence-electron chi connectivity index (χ3n) is 6.31. The zero-order valence-corrected chi connectivity index (χ0v) is 19.7. The van der Waals surface area contributed by atoms with Crippen LogP contribution < -0.4 is 0 Å². The number of benzene rings is 3. The van der Waals surface area contributed by atoms with Crippen LogP contribution in [0.2, 0.25) is 0 Å². The van der Waals surface area contributed by atoms with E-state index in [-0.39, 0.29) is 22.5 Å². The highest BCUT2D eigenvalue weighted by Gasteiger charge is 2.33. The largest absolute Gasteiger partial charge is 0.341 e. The first-order chi connectivity index (χ1) is 15.8. The van der Waals surface area contributed by atoms with Crippen LogP contribution in [0.15, 0.2) is 71.6 Å². The molecule has 3 aromatic rings. The van der Waals surface area contributed by atoms with Gasteiger partial charge in [0, 0.05) is 38.2 Å². The van der Waals surface area contributed by atoms with E-state index in [1.54, 1.807) is 11.9 Å². The normalized spacial score (nSPS) is 15.5. The number of piperidine rings is 1. The number of hydrogen-bond donors (Lipinski definition) is 0. The number of hydrogen-bond acceptors (Lipinski definition) is 4. The van der Waals surface area contributed by atoms with Crippen molar-refractivity contribution >= 4 is 32.5 Å². The Morgan fingerprint density at radius 2 is 1.58 bits per heavy atom. The molecule has 1 heterocycles. The average molecular weight is 465 g/mol. The summed E-state index contributed by atoms with van der Waals surface area (Å²) in [7, 11) is -1.84. The Kier molecular flexibility index (Phi) is 6.63. The van der Waals surface area contributed by atoms with Gasteiger partial charge in [-0.2, -0.15) is 4.31 Å². The minimum absolute atomic E-state index is 0.0472. The molecule has 0 aromatic heterocycles. The quantitative estimate of drug-likeness (QED) is 0.515. The monoisotopic (exact) mass is 464 g/mol. The van der Waals surface area contributed by atoms with Crippen LogP contribution in [0, 0.1) is 5.92 Å². The number of amides is 1. The van der Waals surface area contributed by atoms with E-state index < -0.39 is 10.0 Å². The summed E-state index contributed by atoms with van der Waals surface area (Å²) < 4.78 is 27.4. The molecule has 1 amide bonds. The van der Waals surface area contributed by atoms with Gasteiger partial charge in [0.2, 0.25) is 15.9 Å². The highest BCUT2D eigenvalue weighted by Crippen LogP contribution is 2.26.